The lowest BCUT2D eigenvalue weighted by molar-refractivity contribution is -0.383. The monoisotopic (exact) mass is 319 g/mol. The smallest absolute Gasteiger partial charge is 0.310 e. The predicted octanol–water partition coefficient (Wildman–Crippen LogP) is 2.77. The first kappa shape index (κ1) is 14.1. The van der Waals surface area contributed by atoms with Crippen LogP contribution in [0.4, 0.5) is 11.5 Å². The summed E-state index contributed by atoms with van der Waals surface area (Å²) >= 11 is 8.54. The number of hydrogen-bond donors (Lipinski definition) is 2. The van der Waals surface area contributed by atoms with Crippen LogP contribution in [0.1, 0.15) is 5.69 Å². The predicted molar refractivity (Wildman–Crippen MR) is 77.0 cm³/mol. The molecule has 19 heavy (non-hydrogen) atoms. The number of thioether (sulfide) groups is 1. The second-order valence-corrected chi connectivity index (χ2v) is 5.47. The van der Waals surface area contributed by atoms with Gasteiger partial charge in [0.15, 0.2) is 11.0 Å². The topological polar surface area (TPSA) is 96.7 Å². The summed E-state index contributed by atoms with van der Waals surface area (Å²) in [6.07, 6.45) is 1.54. The van der Waals surface area contributed by atoms with E-state index in [1.807, 2.05) is 0 Å². The fourth-order valence-corrected chi connectivity index (χ4v) is 3.02. The van der Waals surface area contributed by atoms with Crippen LogP contribution in [-0.4, -0.2) is 31.0 Å². The van der Waals surface area contributed by atoms with E-state index >= 15 is 0 Å². The van der Waals surface area contributed by atoms with Crippen LogP contribution >= 0.6 is 35.1 Å². The molecule has 0 aromatic carbocycles. The normalized spacial score (nSPS) is 10.6. The fourth-order valence-electron chi connectivity index (χ4n) is 1.35. The van der Waals surface area contributed by atoms with Gasteiger partial charge in [-0.3, -0.25) is 10.1 Å². The van der Waals surface area contributed by atoms with Crippen LogP contribution in [0.5, 0.6) is 0 Å². The zero-order valence-electron chi connectivity index (χ0n) is 9.63. The van der Waals surface area contributed by atoms with Crippen molar-refractivity contribution in [1.82, 2.24) is 13.7 Å². The summed E-state index contributed by atoms with van der Waals surface area (Å²) in [5, 5.41) is 14.1. The van der Waals surface area contributed by atoms with Crippen LogP contribution in [0.25, 0.3) is 0 Å². The number of nitrogens with zero attached hydrogens (tertiary/aromatic N) is 3. The summed E-state index contributed by atoms with van der Waals surface area (Å²) in [5.41, 5.74) is 0.833. The van der Waals surface area contributed by atoms with Crippen molar-refractivity contribution < 1.29 is 4.92 Å². The van der Waals surface area contributed by atoms with Crippen molar-refractivity contribution in [1.29, 1.82) is 0 Å². The molecule has 2 rings (SSSR count). The standard InChI is InChI=1S/C9H10ClN5O2S2/c10-8-6(13-19-14-8)5-18-4-3-12-9-7(15(16)17)1-2-11-9/h1-2,11-12H,3-5H2. The molecular formula is C9H10ClN5O2S2. The first-order valence-electron chi connectivity index (χ1n) is 5.29. The number of hydrogen-bond acceptors (Lipinski definition) is 7. The van der Waals surface area contributed by atoms with E-state index in [-0.39, 0.29) is 5.69 Å². The van der Waals surface area contributed by atoms with Gasteiger partial charge >= 0.3 is 5.69 Å². The van der Waals surface area contributed by atoms with Gasteiger partial charge in [0, 0.05) is 30.3 Å². The molecule has 2 aromatic heterocycles. The molecule has 0 amide bonds. The van der Waals surface area contributed by atoms with Crippen molar-refractivity contribution in [2.75, 3.05) is 17.6 Å². The Hall–Kier alpha value is -1.32. The Labute approximate surface area is 122 Å². The van der Waals surface area contributed by atoms with Gasteiger partial charge in [-0.15, -0.1) is 0 Å². The highest BCUT2D eigenvalue weighted by atomic mass is 35.5. The SMILES string of the molecule is O=[N+]([O-])c1cc[nH]c1NCCSCc1nsnc1Cl. The molecule has 0 unspecified atom stereocenters. The molecule has 0 saturated heterocycles. The van der Waals surface area contributed by atoms with E-state index in [1.54, 1.807) is 11.8 Å². The molecule has 0 fully saturated rings. The minimum atomic E-state index is -0.424. The van der Waals surface area contributed by atoms with E-state index in [9.17, 15) is 10.1 Å². The lowest BCUT2D eigenvalue weighted by Gasteiger charge is -2.03. The van der Waals surface area contributed by atoms with Crippen LogP contribution in [0.3, 0.4) is 0 Å². The van der Waals surface area contributed by atoms with Crippen molar-refractivity contribution >= 4 is 46.6 Å². The van der Waals surface area contributed by atoms with Gasteiger partial charge in [0.25, 0.3) is 0 Å². The van der Waals surface area contributed by atoms with Gasteiger partial charge in [0.2, 0.25) is 0 Å². The second kappa shape index (κ2) is 6.73. The Kier molecular flexibility index (Phi) is 5.00. The fraction of sp³-hybridized carbons (Fsp3) is 0.333. The van der Waals surface area contributed by atoms with Gasteiger partial charge in [-0.1, -0.05) is 11.6 Å². The Bertz CT molecular complexity index is 558. The lowest BCUT2D eigenvalue weighted by Crippen LogP contribution is -2.06. The van der Waals surface area contributed by atoms with Gasteiger partial charge in [-0.05, 0) is 0 Å². The van der Waals surface area contributed by atoms with Crippen LogP contribution in [-0.2, 0) is 5.75 Å². The molecule has 2 heterocycles. The zero-order chi connectivity index (χ0) is 13.7. The van der Waals surface area contributed by atoms with Crippen LogP contribution in [0.15, 0.2) is 12.3 Å². The van der Waals surface area contributed by atoms with Gasteiger partial charge in [0.1, 0.15) is 5.69 Å². The molecular weight excluding hydrogens is 310 g/mol. The summed E-state index contributed by atoms with van der Waals surface area (Å²) in [4.78, 5) is 13.0. The third-order valence-electron chi connectivity index (χ3n) is 2.22. The number of nitro groups is 1. The van der Waals surface area contributed by atoms with Gasteiger partial charge in [-0.25, -0.2) is 0 Å². The lowest BCUT2D eigenvalue weighted by atomic mass is 10.5. The molecule has 2 N–H and O–H groups in total. The Morgan fingerprint density at radius 3 is 3.11 bits per heavy atom. The van der Waals surface area contributed by atoms with Crippen LogP contribution in [0.2, 0.25) is 5.15 Å². The van der Waals surface area contributed by atoms with Gasteiger partial charge < -0.3 is 10.3 Å². The molecule has 0 aliphatic rings. The van der Waals surface area contributed by atoms with Crippen molar-refractivity contribution in [2.45, 2.75) is 5.75 Å². The second-order valence-electron chi connectivity index (χ2n) is 3.48. The van der Waals surface area contributed by atoms with Gasteiger partial charge in [0.05, 0.1) is 16.7 Å². The molecule has 0 spiro atoms. The van der Waals surface area contributed by atoms with E-state index in [0.29, 0.717) is 23.3 Å². The number of H-pyrrole nitrogens is 1. The largest absolute Gasteiger partial charge is 0.365 e. The number of aromatic amines is 1. The maximum absolute atomic E-state index is 10.7. The quantitative estimate of drug-likeness (QED) is 0.463. The number of rotatable bonds is 7. The highest BCUT2D eigenvalue weighted by Gasteiger charge is 2.13. The third kappa shape index (κ3) is 3.82. The van der Waals surface area contributed by atoms with Crippen LogP contribution in [0, 0.1) is 10.1 Å². The van der Waals surface area contributed by atoms with E-state index in [4.69, 9.17) is 11.6 Å². The summed E-state index contributed by atoms with van der Waals surface area (Å²) in [5.74, 6) is 1.90. The van der Waals surface area contributed by atoms with E-state index in [2.05, 4.69) is 19.0 Å². The Morgan fingerprint density at radius 2 is 2.42 bits per heavy atom. The maximum Gasteiger partial charge on any atom is 0.310 e. The average Bonchev–Trinajstić information content (AvgIpc) is 2.98. The van der Waals surface area contributed by atoms with Crippen molar-refractivity contribution in [3.63, 3.8) is 0 Å². The molecule has 0 atom stereocenters. The van der Waals surface area contributed by atoms with E-state index < -0.39 is 4.92 Å². The molecule has 7 nitrogen and oxygen atoms in total. The number of anilines is 1. The average molecular weight is 320 g/mol. The van der Waals surface area contributed by atoms with E-state index in [0.717, 1.165) is 23.2 Å². The third-order valence-corrected chi connectivity index (χ3v) is 4.16. The number of aromatic nitrogens is 3. The molecule has 10 heteroatoms. The van der Waals surface area contributed by atoms with Crippen molar-refractivity contribution in [2.24, 2.45) is 0 Å². The molecule has 0 aliphatic carbocycles. The minimum absolute atomic E-state index is 0.0525. The highest BCUT2D eigenvalue weighted by Crippen LogP contribution is 2.22. The molecule has 0 bridgehead atoms. The summed E-state index contributed by atoms with van der Waals surface area (Å²) in [6, 6.07) is 1.43. The maximum atomic E-state index is 10.7. The van der Waals surface area contributed by atoms with E-state index in [1.165, 1.54) is 12.3 Å². The molecule has 0 saturated carbocycles. The molecule has 0 aliphatic heterocycles. The number of halogens is 1. The summed E-state index contributed by atoms with van der Waals surface area (Å²) < 4.78 is 7.94. The Balaban J connectivity index is 1.71. The minimum Gasteiger partial charge on any atom is -0.365 e. The first-order valence-corrected chi connectivity index (χ1v) is 7.55. The number of nitrogens with one attached hydrogen (secondary N) is 2. The first-order chi connectivity index (χ1) is 9.18. The molecule has 0 radical (unpaired) electrons. The molecule has 2 aromatic rings. The van der Waals surface area contributed by atoms with Crippen molar-refractivity contribution in [3.8, 4) is 0 Å². The molecule has 102 valence electrons. The Morgan fingerprint density at radius 1 is 1.58 bits per heavy atom. The van der Waals surface area contributed by atoms with Crippen LogP contribution < -0.4 is 5.32 Å². The summed E-state index contributed by atoms with van der Waals surface area (Å²) in [7, 11) is 0. The summed E-state index contributed by atoms with van der Waals surface area (Å²) in [6.45, 7) is 0.612. The zero-order valence-corrected chi connectivity index (χ0v) is 12.0. The van der Waals surface area contributed by atoms with Crippen molar-refractivity contribution in [3.05, 3.63) is 33.2 Å². The van der Waals surface area contributed by atoms with Gasteiger partial charge in [-0.2, -0.15) is 20.5 Å². The highest BCUT2D eigenvalue weighted by molar-refractivity contribution is 7.98.